The Bertz CT molecular complexity index is 611. The van der Waals surface area contributed by atoms with Crippen molar-refractivity contribution in [1.29, 1.82) is 0 Å². The molecule has 1 aliphatic carbocycles. The van der Waals surface area contributed by atoms with Crippen molar-refractivity contribution in [3.8, 4) is 0 Å². The lowest BCUT2D eigenvalue weighted by Crippen LogP contribution is -2.23. The summed E-state index contributed by atoms with van der Waals surface area (Å²) < 4.78 is 0. The van der Waals surface area contributed by atoms with E-state index in [1.165, 1.54) is 16.7 Å². The molecule has 2 aromatic rings. The number of benzene rings is 2. The van der Waals surface area contributed by atoms with Crippen molar-refractivity contribution in [3.63, 3.8) is 0 Å². The predicted molar refractivity (Wildman–Crippen MR) is 83.6 cm³/mol. The van der Waals surface area contributed by atoms with Crippen molar-refractivity contribution in [2.24, 2.45) is 5.73 Å². The van der Waals surface area contributed by atoms with Crippen LogP contribution >= 0.6 is 11.6 Å². The van der Waals surface area contributed by atoms with Crippen LogP contribution in [-0.2, 0) is 6.54 Å². The highest BCUT2D eigenvalue weighted by atomic mass is 35.5. The van der Waals surface area contributed by atoms with Crippen LogP contribution in [-0.4, -0.2) is 11.9 Å². The van der Waals surface area contributed by atoms with E-state index in [1.807, 2.05) is 18.2 Å². The van der Waals surface area contributed by atoms with E-state index in [9.17, 15) is 0 Å². The maximum atomic E-state index is 6.24. The topological polar surface area (TPSA) is 29.3 Å². The van der Waals surface area contributed by atoms with Gasteiger partial charge >= 0.3 is 0 Å². The maximum Gasteiger partial charge on any atom is 0.0409 e. The number of fused-ring (bicyclic) bond motifs is 1. The fraction of sp³-hybridized carbons (Fsp3) is 0.294. The van der Waals surface area contributed by atoms with E-state index in [0.717, 1.165) is 18.0 Å². The first-order valence-corrected chi connectivity index (χ1v) is 7.32. The van der Waals surface area contributed by atoms with Crippen LogP contribution in [0.5, 0.6) is 0 Å². The van der Waals surface area contributed by atoms with Crippen molar-refractivity contribution in [2.45, 2.75) is 25.0 Å². The molecule has 0 bridgehead atoms. The zero-order valence-electron chi connectivity index (χ0n) is 11.6. The summed E-state index contributed by atoms with van der Waals surface area (Å²) in [4.78, 5) is 2.36. The SMILES string of the molecule is CN(Cc1cccc(Cl)c1)C1CC(N)c2ccccc21. The first-order valence-electron chi connectivity index (χ1n) is 6.94. The zero-order chi connectivity index (χ0) is 14.1. The van der Waals surface area contributed by atoms with Gasteiger partial charge in [0.2, 0.25) is 0 Å². The Labute approximate surface area is 125 Å². The molecular formula is C17H19ClN2. The summed E-state index contributed by atoms with van der Waals surface area (Å²) in [5.41, 5.74) is 10.1. The number of rotatable bonds is 3. The van der Waals surface area contributed by atoms with Gasteiger partial charge in [-0.25, -0.2) is 0 Å². The Morgan fingerprint density at radius 3 is 2.65 bits per heavy atom. The normalized spacial score (nSPS) is 21.2. The molecule has 0 radical (unpaired) electrons. The Hall–Kier alpha value is -1.35. The molecule has 3 rings (SSSR count). The van der Waals surface area contributed by atoms with Crippen LogP contribution in [0.15, 0.2) is 48.5 Å². The highest BCUT2D eigenvalue weighted by Crippen LogP contribution is 2.40. The average molecular weight is 287 g/mol. The summed E-state index contributed by atoms with van der Waals surface area (Å²) in [6, 6.07) is 17.1. The van der Waals surface area contributed by atoms with Crippen LogP contribution in [0.4, 0.5) is 0 Å². The molecule has 104 valence electrons. The van der Waals surface area contributed by atoms with Crippen molar-refractivity contribution < 1.29 is 0 Å². The third-order valence-electron chi connectivity index (χ3n) is 4.08. The lowest BCUT2D eigenvalue weighted by atomic mass is 10.1. The molecule has 0 saturated heterocycles. The van der Waals surface area contributed by atoms with Gasteiger partial charge in [-0.1, -0.05) is 48.0 Å². The van der Waals surface area contributed by atoms with Crippen LogP contribution in [0.1, 0.15) is 35.2 Å². The number of hydrogen-bond acceptors (Lipinski definition) is 2. The maximum absolute atomic E-state index is 6.24. The van der Waals surface area contributed by atoms with Gasteiger partial charge in [-0.15, -0.1) is 0 Å². The molecule has 3 heteroatoms. The van der Waals surface area contributed by atoms with E-state index in [0.29, 0.717) is 6.04 Å². The number of nitrogens with zero attached hydrogens (tertiary/aromatic N) is 1. The molecule has 2 unspecified atom stereocenters. The predicted octanol–water partition coefficient (Wildman–Crippen LogP) is 3.92. The first kappa shape index (κ1) is 13.6. The molecule has 20 heavy (non-hydrogen) atoms. The molecule has 0 saturated carbocycles. The summed E-state index contributed by atoms with van der Waals surface area (Å²) in [5.74, 6) is 0. The van der Waals surface area contributed by atoms with Crippen molar-refractivity contribution in [1.82, 2.24) is 4.90 Å². The quantitative estimate of drug-likeness (QED) is 0.927. The van der Waals surface area contributed by atoms with Gasteiger partial charge in [0.1, 0.15) is 0 Å². The molecule has 0 aromatic heterocycles. The second-order valence-electron chi connectivity index (χ2n) is 5.53. The molecule has 2 nitrogen and oxygen atoms in total. The fourth-order valence-corrected chi connectivity index (χ4v) is 3.31. The Morgan fingerprint density at radius 2 is 1.90 bits per heavy atom. The molecule has 0 heterocycles. The van der Waals surface area contributed by atoms with Crippen LogP contribution in [0.3, 0.4) is 0 Å². The third kappa shape index (κ3) is 2.59. The lowest BCUT2D eigenvalue weighted by molar-refractivity contribution is 0.229. The minimum absolute atomic E-state index is 0.151. The van der Waals surface area contributed by atoms with E-state index in [2.05, 4.69) is 42.3 Å². The minimum atomic E-state index is 0.151. The molecule has 0 aliphatic heterocycles. The second kappa shape index (κ2) is 5.57. The van der Waals surface area contributed by atoms with E-state index in [4.69, 9.17) is 17.3 Å². The number of hydrogen-bond donors (Lipinski definition) is 1. The van der Waals surface area contributed by atoms with Crippen LogP contribution < -0.4 is 5.73 Å². The molecule has 0 fully saturated rings. The number of nitrogens with two attached hydrogens (primary N) is 1. The Kier molecular flexibility index (Phi) is 3.79. The summed E-state index contributed by atoms with van der Waals surface area (Å²) in [6.07, 6.45) is 0.983. The molecule has 1 aliphatic rings. The van der Waals surface area contributed by atoms with Crippen LogP contribution in [0.25, 0.3) is 0 Å². The van der Waals surface area contributed by atoms with Gasteiger partial charge in [-0.05, 0) is 42.3 Å². The van der Waals surface area contributed by atoms with Gasteiger partial charge in [0.05, 0.1) is 0 Å². The summed E-state index contributed by atoms with van der Waals surface area (Å²) >= 11 is 6.05. The molecule has 2 atom stereocenters. The molecule has 2 N–H and O–H groups in total. The van der Waals surface area contributed by atoms with Gasteiger partial charge in [0.15, 0.2) is 0 Å². The second-order valence-corrected chi connectivity index (χ2v) is 5.97. The highest BCUT2D eigenvalue weighted by molar-refractivity contribution is 6.30. The first-order chi connectivity index (χ1) is 9.65. The molecule has 0 amide bonds. The van der Waals surface area contributed by atoms with E-state index >= 15 is 0 Å². The fourth-order valence-electron chi connectivity index (χ4n) is 3.10. The lowest BCUT2D eigenvalue weighted by Gasteiger charge is -2.25. The van der Waals surface area contributed by atoms with Crippen LogP contribution in [0.2, 0.25) is 5.02 Å². The van der Waals surface area contributed by atoms with Gasteiger partial charge in [0.25, 0.3) is 0 Å². The highest BCUT2D eigenvalue weighted by Gasteiger charge is 2.30. The summed E-state index contributed by atoms with van der Waals surface area (Å²) in [7, 11) is 2.15. The standard InChI is InChI=1S/C17H19ClN2/c1-20(11-12-5-4-6-13(18)9-12)17-10-16(19)14-7-2-3-8-15(14)17/h2-9,16-17H,10-11,19H2,1H3. The summed E-state index contributed by atoms with van der Waals surface area (Å²) in [5, 5.41) is 0.791. The molecule has 0 spiro atoms. The van der Waals surface area contributed by atoms with E-state index in [1.54, 1.807) is 0 Å². The van der Waals surface area contributed by atoms with Gasteiger partial charge in [0, 0.05) is 23.7 Å². The van der Waals surface area contributed by atoms with E-state index < -0.39 is 0 Å². The van der Waals surface area contributed by atoms with Crippen molar-refractivity contribution in [3.05, 3.63) is 70.2 Å². The largest absolute Gasteiger partial charge is 0.324 e. The molecular weight excluding hydrogens is 268 g/mol. The van der Waals surface area contributed by atoms with Crippen molar-refractivity contribution >= 4 is 11.6 Å². The van der Waals surface area contributed by atoms with Crippen LogP contribution in [0, 0.1) is 0 Å². The monoisotopic (exact) mass is 286 g/mol. The third-order valence-corrected chi connectivity index (χ3v) is 4.32. The van der Waals surface area contributed by atoms with E-state index in [-0.39, 0.29) is 6.04 Å². The smallest absolute Gasteiger partial charge is 0.0409 e. The summed E-state index contributed by atoms with van der Waals surface area (Å²) in [6.45, 7) is 0.881. The molecule has 2 aromatic carbocycles. The number of halogens is 1. The van der Waals surface area contributed by atoms with Gasteiger partial charge < -0.3 is 5.73 Å². The Balaban J connectivity index is 1.80. The zero-order valence-corrected chi connectivity index (χ0v) is 12.3. The Morgan fingerprint density at radius 1 is 1.15 bits per heavy atom. The van der Waals surface area contributed by atoms with Gasteiger partial charge in [-0.3, -0.25) is 4.90 Å². The minimum Gasteiger partial charge on any atom is -0.324 e. The van der Waals surface area contributed by atoms with Crippen molar-refractivity contribution in [2.75, 3.05) is 7.05 Å². The average Bonchev–Trinajstić information content (AvgIpc) is 2.77. The van der Waals surface area contributed by atoms with Gasteiger partial charge in [-0.2, -0.15) is 0 Å².